The van der Waals surface area contributed by atoms with Gasteiger partial charge in [-0.15, -0.1) is 0 Å². The fourth-order valence-corrected chi connectivity index (χ4v) is 1.65. The summed E-state index contributed by atoms with van der Waals surface area (Å²) in [5.74, 6) is -1.58. The molecule has 0 aliphatic carbocycles. The minimum Gasteiger partial charge on any atom is -0.484 e. The van der Waals surface area contributed by atoms with Crippen LogP contribution in [0.5, 0.6) is 5.75 Å². The van der Waals surface area contributed by atoms with E-state index in [1.54, 1.807) is 0 Å². The molecule has 2 aromatic carbocycles. The molecule has 0 heterocycles. The predicted molar refractivity (Wildman–Crippen MR) is 72.3 cm³/mol. The minimum atomic E-state index is -0.639. The Balaban J connectivity index is 1.95. The predicted octanol–water partition coefficient (Wildman–Crippen LogP) is 2.79. The number of carbonyl (C=O) groups excluding carboxylic acids is 2. The highest BCUT2D eigenvalue weighted by Gasteiger charge is 2.06. The van der Waals surface area contributed by atoms with Crippen LogP contribution in [0.25, 0.3) is 0 Å². The maximum atomic E-state index is 13.1. The lowest BCUT2D eigenvalue weighted by molar-refractivity contribution is -0.118. The first-order chi connectivity index (χ1) is 10.1. The van der Waals surface area contributed by atoms with Gasteiger partial charge in [0.2, 0.25) is 0 Å². The highest BCUT2D eigenvalue weighted by molar-refractivity contribution is 5.91. The van der Waals surface area contributed by atoms with Gasteiger partial charge < -0.3 is 10.1 Å². The van der Waals surface area contributed by atoms with Gasteiger partial charge in [-0.25, -0.2) is 8.78 Å². The summed E-state index contributed by atoms with van der Waals surface area (Å²) < 4.78 is 31.2. The molecule has 0 spiro atoms. The molecule has 0 saturated carbocycles. The van der Waals surface area contributed by atoms with Crippen LogP contribution in [0, 0.1) is 11.6 Å². The van der Waals surface area contributed by atoms with Gasteiger partial charge in [0.25, 0.3) is 5.91 Å². The third-order valence-electron chi connectivity index (χ3n) is 2.51. The largest absolute Gasteiger partial charge is 0.484 e. The molecule has 1 amide bonds. The first-order valence-electron chi connectivity index (χ1n) is 6.01. The summed E-state index contributed by atoms with van der Waals surface area (Å²) in [5, 5.41) is 2.43. The molecule has 2 rings (SSSR count). The Morgan fingerprint density at radius 1 is 1.14 bits per heavy atom. The number of nitrogens with one attached hydrogen (secondary N) is 1. The van der Waals surface area contributed by atoms with Crippen molar-refractivity contribution < 1.29 is 23.1 Å². The van der Waals surface area contributed by atoms with Crippen molar-refractivity contribution in [2.24, 2.45) is 0 Å². The minimum absolute atomic E-state index is 0.0616. The molecule has 1 N–H and O–H groups in total. The summed E-state index contributed by atoms with van der Waals surface area (Å²) in [6.45, 7) is -0.391. The topological polar surface area (TPSA) is 55.4 Å². The second-order valence-electron chi connectivity index (χ2n) is 4.19. The number of aldehydes is 1. The van der Waals surface area contributed by atoms with Gasteiger partial charge in [-0.1, -0.05) is 6.07 Å². The molecule has 0 bridgehead atoms. The van der Waals surface area contributed by atoms with Gasteiger partial charge in [-0.05, 0) is 30.3 Å². The number of rotatable bonds is 5. The van der Waals surface area contributed by atoms with Crippen LogP contribution in [-0.2, 0) is 4.79 Å². The molecular formula is C15H11F2NO3. The monoisotopic (exact) mass is 291 g/mol. The van der Waals surface area contributed by atoms with Crippen molar-refractivity contribution in [3.63, 3.8) is 0 Å². The maximum absolute atomic E-state index is 13.1. The van der Waals surface area contributed by atoms with Crippen molar-refractivity contribution >= 4 is 17.9 Å². The van der Waals surface area contributed by atoms with Crippen LogP contribution in [0.2, 0.25) is 0 Å². The summed E-state index contributed by atoms with van der Waals surface area (Å²) in [6.07, 6.45) is 0.475. The average Bonchev–Trinajstić information content (AvgIpc) is 2.44. The van der Waals surface area contributed by atoms with Gasteiger partial charge in [0.1, 0.15) is 23.7 Å². The Bertz CT molecular complexity index is 674. The molecular weight excluding hydrogens is 280 g/mol. The zero-order chi connectivity index (χ0) is 15.2. The molecule has 0 unspecified atom stereocenters. The Labute approximate surface area is 119 Å². The van der Waals surface area contributed by atoms with Crippen LogP contribution in [0.4, 0.5) is 14.5 Å². The summed E-state index contributed by atoms with van der Waals surface area (Å²) in [4.78, 5) is 22.2. The number of anilines is 1. The number of halogens is 2. The summed E-state index contributed by atoms with van der Waals surface area (Å²) >= 11 is 0. The molecule has 4 nitrogen and oxygen atoms in total. The number of amides is 1. The lowest BCUT2D eigenvalue weighted by Crippen LogP contribution is -2.20. The molecule has 0 saturated heterocycles. The third kappa shape index (κ3) is 4.38. The van der Waals surface area contributed by atoms with Crippen LogP contribution >= 0.6 is 0 Å². The number of hydrogen-bond donors (Lipinski definition) is 1. The van der Waals surface area contributed by atoms with Crippen molar-refractivity contribution in [3.05, 3.63) is 59.7 Å². The van der Waals surface area contributed by atoms with Crippen molar-refractivity contribution in [2.45, 2.75) is 0 Å². The molecule has 108 valence electrons. The van der Waals surface area contributed by atoms with Gasteiger partial charge in [-0.3, -0.25) is 9.59 Å². The first-order valence-corrected chi connectivity index (χ1v) is 6.01. The van der Waals surface area contributed by atoms with Crippen molar-refractivity contribution in [2.75, 3.05) is 11.9 Å². The third-order valence-corrected chi connectivity index (χ3v) is 2.51. The molecule has 2 aromatic rings. The molecule has 6 heteroatoms. The molecule has 0 aliphatic rings. The molecule has 0 aliphatic heterocycles. The van der Waals surface area contributed by atoms with Gasteiger partial charge in [0, 0.05) is 17.3 Å². The number of carbonyl (C=O) groups is 2. The maximum Gasteiger partial charge on any atom is 0.262 e. The van der Waals surface area contributed by atoms with E-state index in [2.05, 4.69) is 5.32 Å². The van der Waals surface area contributed by atoms with E-state index in [9.17, 15) is 18.4 Å². The van der Waals surface area contributed by atoms with Gasteiger partial charge >= 0.3 is 0 Å². The highest BCUT2D eigenvalue weighted by atomic mass is 19.1. The van der Waals surface area contributed by atoms with Gasteiger partial charge in [0.15, 0.2) is 6.61 Å². The van der Waals surface area contributed by atoms with Crippen molar-refractivity contribution in [1.82, 2.24) is 0 Å². The van der Waals surface area contributed by atoms with Crippen molar-refractivity contribution in [3.8, 4) is 5.75 Å². The quantitative estimate of drug-likeness (QED) is 0.862. The van der Waals surface area contributed by atoms with Gasteiger partial charge in [-0.2, -0.15) is 0 Å². The van der Waals surface area contributed by atoms with Crippen molar-refractivity contribution in [1.29, 1.82) is 0 Å². The Morgan fingerprint density at radius 2 is 1.95 bits per heavy atom. The van der Waals surface area contributed by atoms with E-state index in [-0.39, 0.29) is 17.0 Å². The smallest absolute Gasteiger partial charge is 0.262 e. The Hall–Kier alpha value is -2.76. The Kier molecular flexibility index (Phi) is 4.61. The molecule has 0 aromatic heterocycles. The van der Waals surface area contributed by atoms with Crippen LogP contribution < -0.4 is 10.1 Å². The van der Waals surface area contributed by atoms with Crippen LogP contribution in [0.1, 0.15) is 10.4 Å². The van der Waals surface area contributed by atoms with E-state index in [1.165, 1.54) is 24.3 Å². The van der Waals surface area contributed by atoms with E-state index in [1.807, 2.05) is 0 Å². The van der Waals surface area contributed by atoms with E-state index in [4.69, 9.17) is 4.74 Å². The lowest BCUT2D eigenvalue weighted by atomic mass is 10.2. The fraction of sp³-hybridized carbons (Fsp3) is 0.0667. The van der Waals surface area contributed by atoms with E-state index in [0.29, 0.717) is 6.29 Å². The van der Waals surface area contributed by atoms with E-state index < -0.39 is 24.1 Å². The molecule has 0 radical (unpaired) electrons. The highest BCUT2D eigenvalue weighted by Crippen LogP contribution is 2.15. The number of hydrogen-bond acceptors (Lipinski definition) is 3. The zero-order valence-corrected chi connectivity index (χ0v) is 10.8. The lowest BCUT2D eigenvalue weighted by Gasteiger charge is -2.08. The average molecular weight is 291 g/mol. The SMILES string of the molecule is O=Cc1cc(F)cc(OCC(=O)Nc2cccc(F)c2)c1. The van der Waals surface area contributed by atoms with Crippen LogP contribution in [0.3, 0.4) is 0 Å². The standard InChI is InChI=1S/C15H11F2NO3/c16-11-2-1-3-13(6-11)18-15(20)9-21-14-5-10(8-19)4-12(17)7-14/h1-8H,9H2,(H,18,20). The number of ether oxygens (including phenoxy) is 1. The van der Waals surface area contributed by atoms with Crippen LogP contribution in [0.15, 0.2) is 42.5 Å². The summed E-state index contributed by atoms with van der Waals surface area (Å²) in [7, 11) is 0. The van der Waals surface area contributed by atoms with Gasteiger partial charge in [0.05, 0.1) is 0 Å². The first kappa shape index (κ1) is 14.6. The zero-order valence-electron chi connectivity index (χ0n) is 10.8. The summed E-state index contributed by atoms with van der Waals surface area (Å²) in [6, 6.07) is 8.80. The molecule has 0 fully saturated rings. The van der Waals surface area contributed by atoms with E-state index in [0.717, 1.165) is 18.2 Å². The molecule has 21 heavy (non-hydrogen) atoms. The summed E-state index contributed by atoms with van der Waals surface area (Å²) in [5.41, 5.74) is 0.395. The Morgan fingerprint density at radius 3 is 2.67 bits per heavy atom. The normalized spacial score (nSPS) is 10.0. The second kappa shape index (κ2) is 6.60. The van der Waals surface area contributed by atoms with Crippen LogP contribution in [-0.4, -0.2) is 18.8 Å². The number of benzene rings is 2. The fourth-order valence-electron chi connectivity index (χ4n) is 1.65. The molecule has 0 atom stereocenters. The van der Waals surface area contributed by atoms with E-state index >= 15 is 0 Å². The second-order valence-corrected chi connectivity index (χ2v) is 4.19.